The van der Waals surface area contributed by atoms with E-state index in [-0.39, 0.29) is 4.90 Å². The van der Waals surface area contributed by atoms with Gasteiger partial charge in [0.15, 0.2) is 0 Å². The van der Waals surface area contributed by atoms with Crippen LogP contribution >= 0.6 is 0 Å². The van der Waals surface area contributed by atoms with E-state index in [2.05, 4.69) is 4.72 Å². The van der Waals surface area contributed by atoms with Crippen LogP contribution in [0.2, 0.25) is 0 Å². The van der Waals surface area contributed by atoms with E-state index in [1.165, 1.54) is 12.1 Å². The first-order valence-electron chi connectivity index (χ1n) is 6.21. The first-order valence-corrected chi connectivity index (χ1v) is 9.08. The predicted molar refractivity (Wildman–Crippen MR) is 71.9 cm³/mol. The first kappa shape index (κ1) is 15.4. The van der Waals surface area contributed by atoms with Crippen LogP contribution in [0, 0.1) is 0 Å². The van der Waals surface area contributed by atoms with E-state index in [9.17, 15) is 20.7 Å². The summed E-state index contributed by atoms with van der Waals surface area (Å²) in [6, 6.07) is 4.30. The summed E-state index contributed by atoms with van der Waals surface area (Å²) in [6.45, 7) is 1.81. The normalized spacial score (nSPS) is 19.1. The molecule has 0 atom stereocenters. The van der Waals surface area contributed by atoms with Gasteiger partial charge in [-0.05, 0) is 38.0 Å². The zero-order valence-electron chi connectivity index (χ0n) is 11.0. The lowest BCUT2D eigenvalue weighted by Crippen LogP contribution is -2.43. The van der Waals surface area contributed by atoms with Crippen LogP contribution in [0.25, 0.3) is 0 Å². The van der Waals surface area contributed by atoms with Crippen molar-refractivity contribution in [1.82, 2.24) is 4.72 Å². The Bertz CT molecular complexity index is 707. The summed E-state index contributed by atoms with van der Waals surface area (Å²) in [4.78, 5) is -0.902. The van der Waals surface area contributed by atoms with Crippen LogP contribution in [0.15, 0.2) is 34.1 Å². The van der Waals surface area contributed by atoms with Gasteiger partial charge in [0.05, 0.1) is 9.79 Å². The average molecular weight is 321 g/mol. The fourth-order valence-corrected chi connectivity index (χ4v) is 4.53. The monoisotopic (exact) mass is 321 g/mol. The van der Waals surface area contributed by atoms with E-state index in [1.807, 2.05) is 6.92 Å². The quantitative estimate of drug-likeness (QED) is 0.860. The van der Waals surface area contributed by atoms with Crippen molar-refractivity contribution in [3.05, 3.63) is 24.3 Å². The minimum atomic E-state index is -4.92. The third kappa shape index (κ3) is 3.36. The van der Waals surface area contributed by atoms with Crippen molar-refractivity contribution in [2.75, 3.05) is 0 Å². The summed E-state index contributed by atoms with van der Waals surface area (Å²) in [5.41, 5.74) is -0.524. The molecule has 1 saturated carbocycles. The second-order valence-corrected chi connectivity index (χ2v) is 8.32. The number of rotatable bonds is 4. The highest BCUT2D eigenvalue weighted by Crippen LogP contribution is 2.30. The van der Waals surface area contributed by atoms with Crippen molar-refractivity contribution in [2.45, 2.75) is 47.9 Å². The van der Waals surface area contributed by atoms with Crippen LogP contribution < -0.4 is 4.72 Å². The van der Waals surface area contributed by atoms with Crippen molar-refractivity contribution >= 4 is 20.2 Å². The van der Waals surface area contributed by atoms with Crippen molar-refractivity contribution in [2.24, 2.45) is 0 Å². The van der Waals surface area contributed by atoms with Gasteiger partial charge in [-0.25, -0.2) is 13.1 Å². The lowest BCUT2D eigenvalue weighted by molar-refractivity contribution is 0.427. The number of hydrogen-bond acceptors (Lipinski definition) is 4. The van der Waals surface area contributed by atoms with Crippen LogP contribution in [-0.2, 0) is 20.2 Å². The molecule has 0 unspecified atom stereocenters. The van der Waals surface area contributed by atoms with Crippen LogP contribution in [0.4, 0.5) is 3.89 Å². The number of benzene rings is 1. The maximum absolute atomic E-state index is 12.9. The molecule has 0 heterocycles. The third-order valence-corrected chi connectivity index (χ3v) is 5.94. The summed E-state index contributed by atoms with van der Waals surface area (Å²) in [7, 11) is -8.79. The van der Waals surface area contributed by atoms with Crippen LogP contribution in [-0.4, -0.2) is 22.4 Å². The second kappa shape index (κ2) is 5.09. The fourth-order valence-electron chi connectivity index (χ4n) is 2.43. The topological polar surface area (TPSA) is 80.3 Å². The number of nitrogens with one attached hydrogen (secondary N) is 1. The Labute approximate surface area is 118 Å². The predicted octanol–water partition coefficient (Wildman–Crippen LogP) is 1.96. The SMILES string of the molecule is CC1(NS(=O)(=O)c2cccc(S(=O)(=O)F)c2)CCCC1. The van der Waals surface area contributed by atoms with E-state index in [4.69, 9.17) is 0 Å². The Balaban J connectivity index is 2.35. The number of hydrogen-bond donors (Lipinski definition) is 1. The molecular formula is C12H16FNO4S2. The van der Waals surface area contributed by atoms with Crippen molar-refractivity contribution < 1.29 is 20.7 Å². The molecule has 1 aliphatic rings. The van der Waals surface area contributed by atoms with Gasteiger partial charge in [0.25, 0.3) is 0 Å². The van der Waals surface area contributed by atoms with Gasteiger partial charge in [-0.3, -0.25) is 0 Å². The first-order chi connectivity index (χ1) is 9.12. The van der Waals surface area contributed by atoms with E-state index in [0.717, 1.165) is 37.8 Å². The number of halogens is 1. The minimum absolute atomic E-state index is 0.246. The van der Waals surface area contributed by atoms with Gasteiger partial charge < -0.3 is 0 Å². The van der Waals surface area contributed by atoms with E-state index < -0.39 is 30.7 Å². The van der Waals surface area contributed by atoms with Gasteiger partial charge in [0.1, 0.15) is 0 Å². The summed E-state index contributed by atoms with van der Waals surface area (Å²) < 4.78 is 61.7. The van der Waals surface area contributed by atoms with Crippen molar-refractivity contribution in [3.63, 3.8) is 0 Å². The Morgan fingerprint density at radius 2 is 1.65 bits per heavy atom. The van der Waals surface area contributed by atoms with Gasteiger partial charge in [-0.2, -0.15) is 8.42 Å². The van der Waals surface area contributed by atoms with Crippen molar-refractivity contribution in [3.8, 4) is 0 Å². The molecule has 0 saturated heterocycles. The second-order valence-electron chi connectivity index (χ2n) is 5.29. The largest absolute Gasteiger partial charge is 0.332 e. The average Bonchev–Trinajstić information content (AvgIpc) is 2.74. The molecule has 1 aromatic rings. The molecular weight excluding hydrogens is 305 g/mol. The van der Waals surface area contributed by atoms with Gasteiger partial charge in [0, 0.05) is 5.54 Å². The Morgan fingerprint density at radius 3 is 2.20 bits per heavy atom. The summed E-state index contributed by atoms with van der Waals surface area (Å²) in [5.74, 6) is 0. The van der Waals surface area contributed by atoms with E-state index in [0.29, 0.717) is 0 Å². The molecule has 1 aromatic carbocycles. The number of sulfonamides is 1. The molecule has 1 aliphatic carbocycles. The molecule has 1 N–H and O–H groups in total. The van der Waals surface area contributed by atoms with E-state index >= 15 is 0 Å². The Morgan fingerprint density at radius 1 is 1.10 bits per heavy atom. The summed E-state index contributed by atoms with van der Waals surface area (Å²) >= 11 is 0. The Hall–Kier alpha value is -0.990. The summed E-state index contributed by atoms with van der Waals surface area (Å²) in [5, 5.41) is 0. The maximum Gasteiger partial charge on any atom is 0.332 e. The molecule has 20 heavy (non-hydrogen) atoms. The lowest BCUT2D eigenvalue weighted by Gasteiger charge is -2.24. The lowest BCUT2D eigenvalue weighted by atomic mass is 10.0. The van der Waals surface area contributed by atoms with Gasteiger partial charge in [-0.1, -0.05) is 18.9 Å². The fraction of sp³-hybridized carbons (Fsp3) is 0.500. The molecule has 8 heteroatoms. The van der Waals surface area contributed by atoms with Gasteiger partial charge in [0.2, 0.25) is 10.0 Å². The molecule has 5 nitrogen and oxygen atoms in total. The minimum Gasteiger partial charge on any atom is -0.207 e. The smallest absolute Gasteiger partial charge is 0.207 e. The highest BCUT2D eigenvalue weighted by Gasteiger charge is 2.33. The molecule has 1 fully saturated rings. The molecule has 0 aromatic heterocycles. The zero-order valence-corrected chi connectivity index (χ0v) is 12.6. The molecule has 112 valence electrons. The van der Waals surface area contributed by atoms with Gasteiger partial charge in [-0.15, -0.1) is 3.89 Å². The van der Waals surface area contributed by atoms with Crippen LogP contribution in [0.1, 0.15) is 32.6 Å². The highest BCUT2D eigenvalue weighted by atomic mass is 32.3. The van der Waals surface area contributed by atoms with Crippen LogP contribution in [0.5, 0.6) is 0 Å². The van der Waals surface area contributed by atoms with E-state index in [1.54, 1.807) is 0 Å². The Kier molecular flexibility index (Phi) is 3.92. The highest BCUT2D eigenvalue weighted by molar-refractivity contribution is 7.89. The molecule has 0 bridgehead atoms. The summed E-state index contributed by atoms with van der Waals surface area (Å²) in [6.07, 6.45) is 3.34. The molecule has 0 amide bonds. The maximum atomic E-state index is 12.9. The zero-order chi connectivity index (χ0) is 15.0. The molecule has 0 spiro atoms. The van der Waals surface area contributed by atoms with Crippen LogP contribution in [0.3, 0.4) is 0 Å². The molecule has 2 rings (SSSR count). The standard InChI is InChI=1S/C12H16FNO4S2/c1-12(7-2-3-8-12)14-20(17,18)11-6-4-5-10(9-11)19(13,15)16/h4-6,9,14H,2-3,7-8H2,1H3. The molecule has 0 aliphatic heterocycles. The third-order valence-electron chi connectivity index (χ3n) is 3.49. The van der Waals surface area contributed by atoms with Crippen molar-refractivity contribution in [1.29, 1.82) is 0 Å². The van der Waals surface area contributed by atoms with Gasteiger partial charge >= 0.3 is 10.2 Å². The molecule has 0 radical (unpaired) electrons.